The van der Waals surface area contributed by atoms with Crippen molar-refractivity contribution in [1.82, 2.24) is 14.6 Å². The average Bonchev–Trinajstić information content (AvgIpc) is 2.90. The van der Waals surface area contributed by atoms with Gasteiger partial charge < -0.3 is 5.11 Å². The summed E-state index contributed by atoms with van der Waals surface area (Å²) in [6.45, 7) is 0. The second-order valence-corrected chi connectivity index (χ2v) is 4.53. The maximum Gasteiger partial charge on any atom is 0.416 e. The highest BCUT2D eigenvalue weighted by molar-refractivity contribution is 5.54. The minimum absolute atomic E-state index is 0.363. The van der Waals surface area contributed by atoms with Crippen LogP contribution in [0.25, 0.3) is 5.52 Å². The Morgan fingerprint density at radius 3 is 2.48 bits per heavy atom. The van der Waals surface area contributed by atoms with Crippen molar-refractivity contribution >= 4 is 5.52 Å². The van der Waals surface area contributed by atoms with Gasteiger partial charge >= 0.3 is 6.18 Å². The van der Waals surface area contributed by atoms with Crippen LogP contribution in [0, 0.1) is 0 Å². The van der Waals surface area contributed by atoms with Gasteiger partial charge in [-0.15, -0.1) is 0 Å². The molecule has 1 N–H and O–H groups in total. The fourth-order valence-corrected chi connectivity index (χ4v) is 2.10. The van der Waals surface area contributed by atoms with E-state index in [0.717, 1.165) is 12.1 Å². The van der Waals surface area contributed by atoms with Crippen molar-refractivity contribution in [2.75, 3.05) is 0 Å². The smallest absolute Gasteiger partial charge is 0.384 e. The van der Waals surface area contributed by atoms with E-state index in [4.69, 9.17) is 0 Å². The van der Waals surface area contributed by atoms with Gasteiger partial charge in [0.1, 0.15) is 6.10 Å². The maximum atomic E-state index is 12.5. The Hall–Kier alpha value is -2.41. The fourth-order valence-electron chi connectivity index (χ4n) is 2.10. The summed E-state index contributed by atoms with van der Waals surface area (Å²) in [6.07, 6.45) is 0.730. The molecular weight excluding hydrogens is 283 g/mol. The Morgan fingerprint density at radius 1 is 1.10 bits per heavy atom. The summed E-state index contributed by atoms with van der Waals surface area (Å²) in [5, 5.41) is 14.4. The fraction of sp³-hybridized carbons (Fsp3) is 0.143. The van der Waals surface area contributed by atoms with Crippen molar-refractivity contribution in [1.29, 1.82) is 0 Å². The van der Waals surface area contributed by atoms with Crippen LogP contribution in [-0.4, -0.2) is 19.7 Å². The summed E-state index contributed by atoms with van der Waals surface area (Å²) in [4.78, 5) is 3.95. The van der Waals surface area contributed by atoms with Crippen LogP contribution in [0.5, 0.6) is 0 Å². The Bertz CT molecular complexity index is 765. The van der Waals surface area contributed by atoms with Gasteiger partial charge in [-0.3, -0.25) is 4.98 Å². The van der Waals surface area contributed by atoms with Gasteiger partial charge in [0.05, 0.1) is 23.5 Å². The summed E-state index contributed by atoms with van der Waals surface area (Å²) in [5.74, 6) is 0. The molecule has 1 aromatic carbocycles. The summed E-state index contributed by atoms with van der Waals surface area (Å²) in [5.41, 5.74) is 0.703. The topological polar surface area (TPSA) is 50.4 Å². The molecule has 2 aromatic heterocycles. The molecule has 3 rings (SSSR count). The summed E-state index contributed by atoms with van der Waals surface area (Å²) < 4.78 is 39.1. The molecule has 2 heterocycles. The first kappa shape index (κ1) is 13.6. The average molecular weight is 293 g/mol. The number of aliphatic hydroxyl groups is 1. The lowest BCUT2D eigenvalue weighted by atomic mass is 10.0. The van der Waals surface area contributed by atoms with Crippen LogP contribution in [-0.2, 0) is 6.18 Å². The number of halogens is 3. The van der Waals surface area contributed by atoms with E-state index in [1.807, 2.05) is 0 Å². The van der Waals surface area contributed by atoms with Gasteiger partial charge in [0.15, 0.2) is 0 Å². The highest BCUT2D eigenvalue weighted by Gasteiger charge is 2.30. The normalized spacial score (nSPS) is 13.5. The molecule has 0 amide bonds. The molecule has 0 aliphatic heterocycles. The lowest BCUT2D eigenvalue weighted by Gasteiger charge is -2.12. The van der Waals surface area contributed by atoms with E-state index in [1.54, 1.807) is 12.4 Å². The van der Waals surface area contributed by atoms with Crippen LogP contribution in [0.1, 0.15) is 22.8 Å². The Labute approximate surface area is 117 Å². The molecule has 0 fully saturated rings. The first-order valence-corrected chi connectivity index (χ1v) is 6.09. The first-order valence-electron chi connectivity index (χ1n) is 6.09. The van der Waals surface area contributed by atoms with Crippen molar-refractivity contribution in [3.63, 3.8) is 0 Å². The summed E-state index contributed by atoms with van der Waals surface area (Å²) >= 11 is 0. The molecule has 3 aromatic rings. The van der Waals surface area contributed by atoms with E-state index in [2.05, 4.69) is 10.1 Å². The standard InChI is InChI=1S/C14H10F3N3O/c15-14(16,17)10-3-1-9(2-4-10)13(21)11-7-19-20-6-5-18-8-12(11)20/h1-8,13,21H. The lowest BCUT2D eigenvalue weighted by molar-refractivity contribution is -0.137. The first-order chi connectivity index (χ1) is 9.97. The molecule has 1 unspecified atom stereocenters. The number of rotatable bonds is 2. The van der Waals surface area contributed by atoms with Crippen LogP contribution in [0.2, 0.25) is 0 Å². The Morgan fingerprint density at radius 2 is 1.81 bits per heavy atom. The molecule has 0 radical (unpaired) electrons. The third-order valence-corrected chi connectivity index (χ3v) is 3.20. The van der Waals surface area contributed by atoms with Gasteiger partial charge in [-0.05, 0) is 17.7 Å². The van der Waals surface area contributed by atoms with Crippen molar-refractivity contribution in [2.24, 2.45) is 0 Å². The van der Waals surface area contributed by atoms with Gasteiger partial charge in [-0.25, -0.2) is 4.52 Å². The molecule has 4 nitrogen and oxygen atoms in total. The van der Waals surface area contributed by atoms with Crippen LogP contribution < -0.4 is 0 Å². The highest BCUT2D eigenvalue weighted by Crippen LogP contribution is 2.31. The van der Waals surface area contributed by atoms with Crippen molar-refractivity contribution in [3.8, 4) is 0 Å². The Kier molecular flexibility index (Phi) is 3.13. The third-order valence-electron chi connectivity index (χ3n) is 3.20. The van der Waals surface area contributed by atoms with Gasteiger partial charge in [0, 0.05) is 18.0 Å². The number of aliphatic hydroxyl groups excluding tert-OH is 1. The molecular formula is C14H10F3N3O. The van der Waals surface area contributed by atoms with Crippen molar-refractivity contribution in [2.45, 2.75) is 12.3 Å². The minimum Gasteiger partial charge on any atom is -0.384 e. The van der Waals surface area contributed by atoms with Crippen LogP contribution in [0.3, 0.4) is 0 Å². The molecule has 0 aliphatic carbocycles. The minimum atomic E-state index is -4.39. The van der Waals surface area contributed by atoms with E-state index < -0.39 is 17.8 Å². The van der Waals surface area contributed by atoms with Crippen LogP contribution in [0.15, 0.2) is 49.1 Å². The zero-order chi connectivity index (χ0) is 15.0. The highest BCUT2D eigenvalue weighted by atomic mass is 19.4. The summed E-state index contributed by atoms with van der Waals surface area (Å²) in [6, 6.07) is 4.41. The van der Waals surface area contributed by atoms with Gasteiger partial charge in [-0.2, -0.15) is 18.3 Å². The molecule has 108 valence electrons. The monoisotopic (exact) mass is 293 g/mol. The number of alkyl halides is 3. The number of aromatic nitrogens is 3. The largest absolute Gasteiger partial charge is 0.416 e. The SMILES string of the molecule is OC(c1ccc(C(F)(F)F)cc1)c1cnn2ccncc12. The van der Waals surface area contributed by atoms with Crippen LogP contribution in [0.4, 0.5) is 13.2 Å². The quantitative estimate of drug-likeness (QED) is 0.790. The van der Waals surface area contributed by atoms with E-state index in [0.29, 0.717) is 16.6 Å². The molecule has 0 aliphatic rings. The van der Waals surface area contributed by atoms with Crippen LogP contribution >= 0.6 is 0 Å². The van der Waals surface area contributed by atoms with E-state index in [9.17, 15) is 18.3 Å². The molecule has 21 heavy (non-hydrogen) atoms. The second kappa shape index (κ2) is 4.85. The number of fused-ring (bicyclic) bond motifs is 1. The van der Waals surface area contributed by atoms with Gasteiger partial charge in [0.2, 0.25) is 0 Å². The third kappa shape index (κ3) is 2.47. The predicted octanol–water partition coefficient (Wildman–Crippen LogP) is 2.83. The van der Waals surface area contributed by atoms with Crippen molar-refractivity contribution < 1.29 is 18.3 Å². The van der Waals surface area contributed by atoms with E-state index in [-0.39, 0.29) is 0 Å². The van der Waals surface area contributed by atoms with Gasteiger partial charge in [0.25, 0.3) is 0 Å². The van der Waals surface area contributed by atoms with E-state index in [1.165, 1.54) is 29.0 Å². The predicted molar refractivity (Wildman–Crippen MR) is 68.5 cm³/mol. The molecule has 0 saturated heterocycles. The molecule has 0 saturated carbocycles. The summed E-state index contributed by atoms with van der Waals surface area (Å²) in [7, 11) is 0. The number of hydrogen-bond donors (Lipinski definition) is 1. The molecule has 1 atom stereocenters. The number of benzene rings is 1. The zero-order valence-corrected chi connectivity index (χ0v) is 10.6. The number of nitrogens with zero attached hydrogens (tertiary/aromatic N) is 3. The molecule has 0 spiro atoms. The van der Waals surface area contributed by atoms with Crippen molar-refractivity contribution in [3.05, 3.63) is 65.7 Å². The zero-order valence-electron chi connectivity index (χ0n) is 10.6. The second-order valence-electron chi connectivity index (χ2n) is 4.53. The molecule has 7 heteroatoms. The molecule has 0 bridgehead atoms. The van der Waals surface area contributed by atoms with E-state index >= 15 is 0 Å². The lowest BCUT2D eigenvalue weighted by Crippen LogP contribution is -2.06. The number of hydrogen-bond acceptors (Lipinski definition) is 3. The maximum absolute atomic E-state index is 12.5. The Balaban J connectivity index is 1.97. The van der Waals surface area contributed by atoms with Gasteiger partial charge in [-0.1, -0.05) is 12.1 Å².